The van der Waals surface area contributed by atoms with Crippen molar-refractivity contribution >= 4 is 16.6 Å². The highest BCUT2D eigenvalue weighted by atomic mass is 19.1. The van der Waals surface area contributed by atoms with Gasteiger partial charge in [0, 0.05) is 44.4 Å². The molecular formula is C23H25FN6O2. The molecule has 0 amide bonds. The summed E-state index contributed by atoms with van der Waals surface area (Å²) in [7, 11) is 1.57. The Morgan fingerprint density at radius 2 is 2.00 bits per heavy atom. The third-order valence-corrected chi connectivity index (χ3v) is 5.71. The average Bonchev–Trinajstić information content (AvgIpc) is 3.40. The Labute approximate surface area is 184 Å². The zero-order chi connectivity index (χ0) is 22.1. The van der Waals surface area contributed by atoms with Gasteiger partial charge < -0.3 is 15.2 Å². The van der Waals surface area contributed by atoms with Crippen LogP contribution in [0.1, 0.15) is 12.0 Å². The number of methoxy groups -OCH3 is 1. The fraction of sp³-hybridized carbons (Fsp3) is 0.348. The van der Waals surface area contributed by atoms with Crippen molar-refractivity contribution in [1.82, 2.24) is 24.5 Å². The molecule has 0 saturated carbocycles. The molecule has 9 heteroatoms. The Morgan fingerprint density at radius 3 is 2.81 bits per heavy atom. The monoisotopic (exact) mass is 436 g/mol. The van der Waals surface area contributed by atoms with Crippen molar-refractivity contribution in [3.05, 3.63) is 54.0 Å². The quantitative estimate of drug-likeness (QED) is 0.446. The van der Waals surface area contributed by atoms with Gasteiger partial charge in [-0.05, 0) is 36.2 Å². The van der Waals surface area contributed by atoms with E-state index in [0.29, 0.717) is 23.6 Å². The van der Waals surface area contributed by atoms with Gasteiger partial charge in [-0.2, -0.15) is 0 Å². The molecule has 1 aliphatic heterocycles. The first-order valence-corrected chi connectivity index (χ1v) is 10.7. The lowest BCUT2D eigenvalue weighted by Crippen LogP contribution is -2.26. The Bertz CT molecular complexity index is 1260. The van der Waals surface area contributed by atoms with Crippen LogP contribution in [0.3, 0.4) is 0 Å². The third kappa shape index (κ3) is 4.02. The van der Waals surface area contributed by atoms with Crippen molar-refractivity contribution in [3.8, 4) is 17.3 Å². The maximum absolute atomic E-state index is 14.5. The molecule has 1 unspecified atom stereocenters. The summed E-state index contributed by atoms with van der Waals surface area (Å²) in [5.41, 5.74) is 8.94. The second kappa shape index (κ2) is 8.78. The van der Waals surface area contributed by atoms with E-state index >= 15 is 0 Å². The van der Waals surface area contributed by atoms with Crippen LogP contribution in [0.15, 0.2) is 42.6 Å². The second-order valence-electron chi connectivity index (χ2n) is 8.06. The first-order chi connectivity index (χ1) is 15.6. The Balaban J connectivity index is 1.52. The number of halogens is 1. The van der Waals surface area contributed by atoms with Gasteiger partial charge in [0.25, 0.3) is 0 Å². The largest absolute Gasteiger partial charge is 0.486 e. The molecule has 1 aliphatic rings. The van der Waals surface area contributed by atoms with Crippen LogP contribution < -0.4 is 10.5 Å². The summed E-state index contributed by atoms with van der Waals surface area (Å²) < 4.78 is 27.1. The molecule has 1 atom stereocenters. The highest BCUT2D eigenvalue weighted by Crippen LogP contribution is 2.30. The van der Waals surface area contributed by atoms with Gasteiger partial charge in [0.15, 0.2) is 23.0 Å². The molecule has 0 bridgehead atoms. The van der Waals surface area contributed by atoms with Gasteiger partial charge in [-0.1, -0.05) is 12.1 Å². The van der Waals surface area contributed by atoms with Crippen LogP contribution in [0.4, 0.5) is 4.39 Å². The van der Waals surface area contributed by atoms with Crippen LogP contribution in [-0.4, -0.2) is 63.9 Å². The van der Waals surface area contributed by atoms with Gasteiger partial charge in [-0.15, -0.1) is 10.2 Å². The smallest absolute Gasteiger partial charge is 0.187 e. The summed E-state index contributed by atoms with van der Waals surface area (Å²) in [5, 5.41) is 9.41. The lowest BCUT2D eigenvalue weighted by molar-refractivity contribution is 0.144. The molecule has 5 rings (SSSR count). The van der Waals surface area contributed by atoms with Crippen LogP contribution in [0.25, 0.3) is 28.1 Å². The van der Waals surface area contributed by atoms with Crippen LogP contribution in [0.2, 0.25) is 0 Å². The van der Waals surface area contributed by atoms with E-state index in [4.69, 9.17) is 20.2 Å². The van der Waals surface area contributed by atoms with Crippen LogP contribution in [0, 0.1) is 5.82 Å². The molecule has 8 nitrogen and oxygen atoms in total. The van der Waals surface area contributed by atoms with E-state index < -0.39 is 5.82 Å². The van der Waals surface area contributed by atoms with E-state index in [1.165, 1.54) is 6.07 Å². The predicted octanol–water partition coefficient (Wildman–Crippen LogP) is 2.64. The number of fused-ring (bicyclic) bond motifs is 2. The molecule has 0 radical (unpaired) electrons. The molecule has 3 aromatic heterocycles. The van der Waals surface area contributed by atoms with E-state index in [2.05, 4.69) is 21.2 Å². The number of nitrogens with two attached hydrogens (primary N) is 1. The average molecular weight is 436 g/mol. The second-order valence-corrected chi connectivity index (χ2v) is 8.06. The fourth-order valence-corrected chi connectivity index (χ4v) is 4.09. The third-order valence-electron chi connectivity index (χ3n) is 5.71. The molecule has 32 heavy (non-hydrogen) atoms. The molecule has 1 aromatic carbocycles. The van der Waals surface area contributed by atoms with Crippen molar-refractivity contribution in [3.63, 3.8) is 0 Å². The number of hydrogen-bond acceptors (Lipinski definition) is 7. The Kier molecular flexibility index (Phi) is 5.69. The standard InChI is InChI=1S/C23H25FN6O2/c1-31-10-11-32-22-18(24)5-3-16-4-6-19(26-21(16)22)23-28-27-20-7-2-15(13-30(20)23)12-29-9-8-17(25)14-29/h2-7,13,17H,8-12,14,25H2,1H3. The number of benzene rings is 1. The minimum absolute atomic E-state index is 0.112. The summed E-state index contributed by atoms with van der Waals surface area (Å²) in [6.45, 7) is 3.30. The number of rotatable bonds is 7. The Morgan fingerprint density at radius 1 is 1.12 bits per heavy atom. The number of nitrogens with zero attached hydrogens (tertiary/aromatic N) is 5. The number of aromatic nitrogens is 4. The summed E-state index contributed by atoms with van der Waals surface area (Å²) in [6, 6.07) is 11.1. The van der Waals surface area contributed by atoms with Gasteiger partial charge in [0.1, 0.15) is 17.8 Å². The number of likely N-dealkylation sites (tertiary alicyclic amines) is 1. The molecule has 4 aromatic rings. The molecule has 4 heterocycles. The minimum Gasteiger partial charge on any atom is -0.486 e. The van der Waals surface area contributed by atoms with Crippen LogP contribution >= 0.6 is 0 Å². The fourth-order valence-electron chi connectivity index (χ4n) is 4.09. The highest BCUT2D eigenvalue weighted by molar-refractivity contribution is 5.86. The van der Waals surface area contributed by atoms with Gasteiger partial charge in [-0.3, -0.25) is 9.30 Å². The van der Waals surface area contributed by atoms with Crippen molar-refractivity contribution < 1.29 is 13.9 Å². The maximum Gasteiger partial charge on any atom is 0.187 e. The molecule has 0 spiro atoms. The SMILES string of the molecule is COCCOc1c(F)ccc2ccc(-c3nnc4ccc(CN5CCC(N)C5)cn34)nc12. The zero-order valence-corrected chi connectivity index (χ0v) is 17.9. The van der Waals surface area contributed by atoms with E-state index in [9.17, 15) is 4.39 Å². The van der Waals surface area contributed by atoms with Crippen molar-refractivity contribution in [1.29, 1.82) is 0 Å². The molecule has 1 saturated heterocycles. The molecular weight excluding hydrogens is 411 g/mol. The molecule has 2 N–H and O–H groups in total. The lowest BCUT2D eigenvalue weighted by Gasteiger charge is -2.15. The first-order valence-electron chi connectivity index (χ1n) is 10.7. The first kappa shape index (κ1) is 20.7. The van der Waals surface area contributed by atoms with Gasteiger partial charge in [0.05, 0.1) is 6.61 Å². The van der Waals surface area contributed by atoms with Crippen LogP contribution in [0.5, 0.6) is 5.75 Å². The zero-order valence-electron chi connectivity index (χ0n) is 17.9. The van der Waals surface area contributed by atoms with Crippen molar-refractivity contribution in [2.75, 3.05) is 33.4 Å². The summed E-state index contributed by atoms with van der Waals surface area (Å²) >= 11 is 0. The normalized spacial score (nSPS) is 16.9. The highest BCUT2D eigenvalue weighted by Gasteiger charge is 2.20. The molecule has 166 valence electrons. The van der Waals surface area contributed by atoms with Gasteiger partial charge in [0.2, 0.25) is 0 Å². The minimum atomic E-state index is -0.463. The molecule has 0 aliphatic carbocycles. The summed E-state index contributed by atoms with van der Waals surface area (Å²) in [4.78, 5) is 7.04. The van der Waals surface area contributed by atoms with Gasteiger partial charge in [-0.25, -0.2) is 9.37 Å². The number of hydrogen-bond donors (Lipinski definition) is 1. The topological polar surface area (TPSA) is 90.8 Å². The lowest BCUT2D eigenvalue weighted by atomic mass is 10.1. The van der Waals surface area contributed by atoms with Crippen molar-refractivity contribution in [2.45, 2.75) is 19.0 Å². The summed E-state index contributed by atoms with van der Waals surface area (Å²) in [6.07, 6.45) is 3.05. The van der Waals surface area contributed by atoms with Crippen molar-refractivity contribution in [2.24, 2.45) is 5.73 Å². The van der Waals surface area contributed by atoms with E-state index in [-0.39, 0.29) is 18.4 Å². The van der Waals surface area contributed by atoms with E-state index in [1.54, 1.807) is 13.2 Å². The summed E-state index contributed by atoms with van der Waals surface area (Å²) in [5.74, 6) is 0.241. The Hall–Kier alpha value is -3.14. The maximum atomic E-state index is 14.5. The molecule has 1 fully saturated rings. The van der Waals surface area contributed by atoms with Crippen LogP contribution in [-0.2, 0) is 11.3 Å². The number of pyridine rings is 2. The number of ether oxygens (including phenoxy) is 2. The van der Waals surface area contributed by atoms with Gasteiger partial charge >= 0.3 is 0 Å². The van der Waals surface area contributed by atoms with E-state index in [1.807, 2.05) is 28.8 Å². The van der Waals surface area contributed by atoms with E-state index in [0.717, 1.165) is 42.7 Å². The predicted molar refractivity (Wildman–Crippen MR) is 119 cm³/mol.